The normalized spacial score (nSPS) is 12.6. The van der Waals surface area contributed by atoms with Gasteiger partial charge < -0.3 is 0 Å². The van der Waals surface area contributed by atoms with Crippen molar-refractivity contribution in [3.8, 4) is 0 Å². The standard InChI is InChI=1S/C11H9F3N2O4S/c12-11(13,14)9-5-10(17)16(15-9)6-7-3-1-2-4-8(7)21(18,19)20/h1-5,15H,6H2,(H,18,19,20). The van der Waals surface area contributed by atoms with Crippen molar-refractivity contribution in [3.63, 3.8) is 0 Å². The van der Waals surface area contributed by atoms with Crippen LogP contribution in [0.3, 0.4) is 0 Å². The van der Waals surface area contributed by atoms with Crippen molar-refractivity contribution in [1.29, 1.82) is 0 Å². The first-order valence-corrected chi connectivity index (χ1v) is 6.95. The number of H-pyrrole nitrogens is 1. The molecule has 2 N–H and O–H groups in total. The Morgan fingerprint density at radius 1 is 1.24 bits per heavy atom. The highest BCUT2D eigenvalue weighted by molar-refractivity contribution is 7.85. The number of benzene rings is 1. The van der Waals surface area contributed by atoms with E-state index in [1.165, 1.54) is 18.2 Å². The Morgan fingerprint density at radius 3 is 2.38 bits per heavy atom. The van der Waals surface area contributed by atoms with Gasteiger partial charge in [-0.25, -0.2) is 4.68 Å². The molecule has 1 aromatic carbocycles. The minimum Gasteiger partial charge on any atom is -0.291 e. The zero-order valence-electron chi connectivity index (χ0n) is 10.3. The van der Waals surface area contributed by atoms with Crippen molar-refractivity contribution < 1.29 is 26.1 Å². The molecule has 0 aliphatic heterocycles. The highest BCUT2D eigenvalue weighted by atomic mass is 32.2. The Morgan fingerprint density at radius 2 is 1.86 bits per heavy atom. The molecular formula is C11H9F3N2O4S. The van der Waals surface area contributed by atoms with Gasteiger partial charge in [-0.05, 0) is 11.6 Å². The van der Waals surface area contributed by atoms with E-state index in [4.69, 9.17) is 4.55 Å². The maximum atomic E-state index is 12.5. The first-order valence-electron chi connectivity index (χ1n) is 5.51. The van der Waals surface area contributed by atoms with Gasteiger partial charge in [-0.15, -0.1) is 0 Å². The van der Waals surface area contributed by atoms with E-state index in [9.17, 15) is 26.4 Å². The maximum Gasteiger partial charge on any atom is 0.432 e. The molecule has 0 atom stereocenters. The van der Waals surface area contributed by atoms with Crippen LogP contribution in [0.25, 0.3) is 0 Å². The van der Waals surface area contributed by atoms with Crippen LogP contribution in [0.4, 0.5) is 13.2 Å². The topological polar surface area (TPSA) is 92.2 Å². The minimum atomic E-state index is -4.72. The number of aromatic amines is 1. The summed E-state index contributed by atoms with van der Waals surface area (Å²) in [6.07, 6.45) is -4.72. The number of hydrogen-bond acceptors (Lipinski definition) is 3. The van der Waals surface area contributed by atoms with Gasteiger partial charge in [-0.3, -0.25) is 14.4 Å². The second-order valence-corrected chi connectivity index (χ2v) is 5.56. The molecule has 0 amide bonds. The number of hydrogen-bond donors (Lipinski definition) is 2. The Kier molecular flexibility index (Phi) is 3.68. The van der Waals surface area contributed by atoms with Crippen molar-refractivity contribution in [1.82, 2.24) is 9.78 Å². The number of aromatic nitrogens is 2. The van der Waals surface area contributed by atoms with Gasteiger partial charge >= 0.3 is 6.18 Å². The van der Waals surface area contributed by atoms with Crippen LogP contribution in [-0.2, 0) is 22.8 Å². The number of nitrogens with zero attached hydrogens (tertiary/aromatic N) is 1. The Bertz CT molecular complexity index is 820. The third-order valence-electron chi connectivity index (χ3n) is 2.67. The lowest BCUT2D eigenvalue weighted by molar-refractivity contribution is -0.141. The van der Waals surface area contributed by atoms with Gasteiger partial charge in [0.05, 0.1) is 11.4 Å². The van der Waals surface area contributed by atoms with Gasteiger partial charge in [0.15, 0.2) is 0 Å². The molecule has 1 heterocycles. The molecule has 0 fully saturated rings. The zero-order valence-corrected chi connectivity index (χ0v) is 11.1. The predicted octanol–water partition coefficient (Wildman–Crippen LogP) is 1.49. The van der Waals surface area contributed by atoms with Crippen molar-refractivity contribution in [2.45, 2.75) is 17.6 Å². The Hall–Kier alpha value is -2.07. The summed E-state index contributed by atoms with van der Waals surface area (Å²) in [6, 6.07) is 5.51. The molecule has 2 rings (SSSR count). The summed E-state index contributed by atoms with van der Waals surface area (Å²) in [5, 5.41) is 1.85. The van der Waals surface area contributed by atoms with E-state index in [1.807, 2.05) is 5.10 Å². The molecule has 0 aliphatic rings. The monoisotopic (exact) mass is 322 g/mol. The van der Waals surface area contributed by atoms with E-state index in [0.29, 0.717) is 10.7 Å². The Balaban J connectivity index is 2.45. The summed E-state index contributed by atoms with van der Waals surface area (Å²) in [7, 11) is -4.54. The molecule has 21 heavy (non-hydrogen) atoms. The highest BCUT2D eigenvalue weighted by Gasteiger charge is 2.33. The third-order valence-corrected chi connectivity index (χ3v) is 3.63. The zero-order chi connectivity index (χ0) is 15.8. The van der Waals surface area contributed by atoms with E-state index < -0.39 is 39.0 Å². The predicted molar refractivity (Wildman–Crippen MR) is 65.4 cm³/mol. The van der Waals surface area contributed by atoms with Crippen molar-refractivity contribution in [2.24, 2.45) is 0 Å². The van der Waals surface area contributed by atoms with Crippen molar-refractivity contribution in [2.75, 3.05) is 0 Å². The first-order chi connectivity index (χ1) is 9.59. The molecule has 0 radical (unpaired) electrons. The average molecular weight is 322 g/mol. The average Bonchev–Trinajstić information content (AvgIpc) is 2.70. The van der Waals surface area contributed by atoms with E-state index in [1.54, 1.807) is 0 Å². The van der Waals surface area contributed by atoms with Gasteiger partial charge in [0.2, 0.25) is 0 Å². The summed E-state index contributed by atoms with van der Waals surface area (Å²) in [6.45, 7) is -0.453. The molecule has 114 valence electrons. The smallest absolute Gasteiger partial charge is 0.291 e. The quantitative estimate of drug-likeness (QED) is 0.838. The molecule has 0 saturated heterocycles. The molecule has 0 saturated carbocycles. The van der Waals surface area contributed by atoms with Gasteiger partial charge in [0, 0.05) is 6.07 Å². The summed E-state index contributed by atoms with van der Waals surface area (Å²) in [4.78, 5) is 11.0. The van der Waals surface area contributed by atoms with Crippen LogP contribution >= 0.6 is 0 Å². The van der Waals surface area contributed by atoms with Crippen LogP contribution in [0.1, 0.15) is 11.3 Å². The lowest BCUT2D eigenvalue weighted by Gasteiger charge is -2.08. The van der Waals surface area contributed by atoms with Crippen LogP contribution in [0.15, 0.2) is 40.0 Å². The van der Waals surface area contributed by atoms with Gasteiger partial charge in [0.1, 0.15) is 5.69 Å². The van der Waals surface area contributed by atoms with Crippen LogP contribution < -0.4 is 5.56 Å². The summed E-state index contributed by atoms with van der Waals surface area (Å²) >= 11 is 0. The van der Waals surface area contributed by atoms with Crippen molar-refractivity contribution >= 4 is 10.1 Å². The second kappa shape index (κ2) is 5.04. The van der Waals surface area contributed by atoms with E-state index in [-0.39, 0.29) is 5.56 Å². The molecule has 0 bridgehead atoms. The minimum absolute atomic E-state index is 0.0160. The summed E-state index contributed by atoms with van der Waals surface area (Å²) in [5.74, 6) is 0. The van der Waals surface area contributed by atoms with Gasteiger partial charge in [-0.1, -0.05) is 18.2 Å². The SMILES string of the molecule is O=c1cc(C(F)(F)F)[nH]n1Cc1ccccc1S(=O)(=O)O. The fourth-order valence-electron chi connectivity index (χ4n) is 1.75. The van der Waals surface area contributed by atoms with Gasteiger partial charge in [-0.2, -0.15) is 21.6 Å². The number of alkyl halides is 3. The number of rotatable bonds is 3. The maximum absolute atomic E-state index is 12.5. The van der Waals surface area contributed by atoms with E-state index >= 15 is 0 Å². The van der Waals surface area contributed by atoms with E-state index in [0.717, 1.165) is 6.07 Å². The highest BCUT2D eigenvalue weighted by Crippen LogP contribution is 2.26. The Labute approximate surface area is 116 Å². The van der Waals surface area contributed by atoms with Crippen LogP contribution in [0.2, 0.25) is 0 Å². The second-order valence-electron chi connectivity index (χ2n) is 4.17. The lowest BCUT2D eigenvalue weighted by Crippen LogP contribution is -2.18. The van der Waals surface area contributed by atoms with Gasteiger partial charge in [0.25, 0.3) is 15.7 Å². The first kappa shape index (κ1) is 15.3. The molecule has 10 heteroatoms. The fraction of sp³-hybridized carbons (Fsp3) is 0.182. The van der Waals surface area contributed by atoms with E-state index in [2.05, 4.69) is 0 Å². The molecule has 1 aromatic heterocycles. The molecule has 0 spiro atoms. The molecule has 0 aliphatic carbocycles. The van der Waals surface area contributed by atoms with Crippen molar-refractivity contribution in [3.05, 3.63) is 51.9 Å². The molecule has 2 aromatic rings. The van der Waals surface area contributed by atoms with Crippen LogP contribution in [0.5, 0.6) is 0 Å². The largest absolute Gasteiger partial charge is 0.432 e. The number of nitrogens with one attached hydrogen (secondary N) is 1. The summed E-state index contributed by atoms with van der Waals surface area (Å²) in [5.41, 5.74) is -2.22. The number of halogens is 3. The fourth-order valence-corrected chi connectivity index (χ4v) is 2.47. The summed E-state index contributed by atoms with van der Waals surface area (Å²) < 4.78 is 69.4. The lowest BCUT2D eigenvalue weighted by atomic mass is 10.2. The van der Waals surface area contributed by atoms with Crippen LogP contribution in [-0.4, -0.2) is 22.8 Å². The third kappa shape index (κ3) is 3.34. The molecule has 6 nitrogen and oxygen atoms in total. The molecule has 0 unspecified atom stereocenters. The van der Waals surface area contributed by atoms with Crippen LogP contribution in [0, 0.1) is 0 Å². The molecular weight excluding hydrogens is 313 g/mol.